The minimum atomic E-state index is -0.368. The van der Waals surface area contributed by atoms with Crippen molar-refractivity contribution in [3.63, 3.8) is 0 Å². The minimum Gasteiger partial charge on any atom is -0.385 e. The predicted octanol–water partition coefficient (Wildman–Crippen LogP) is 2.36. The highest BCUT2D eigenvalue weighted by Crippen LogP contribution is 2.37. The van der Waals surface area contributed by atoms with Crippen LogP contribution in [0.4, 0.5) is 5.69 Å². The van der Waals surface area contributed by atoms with E-state index in [0.29, 0.717) is 25.8 Å². The van der Waals surface area contributed by atoms with Gasteiger partial charge in [-0.2, -0.15) is 10.2 Å². The van der Waals surface area contributed by atoms with E-state index >= 15 is 0 Å². The fourth-order valence-corrected chi connectivity index (χ4v) is 2.09. The summed E-state index contributed by atoms with van der Waals surface area (Å²) < 4.78 is 0. The van der Waals surface area contributed by atoms with Gasteiger partial charge in [-0.05, 0) is 18.6 Å². The van der Waals surface area contributed by atoms with Crippen molar-refractivity contribution in [3.8, 4) is 12.3 Å². The lowest BCUT2D eigenvalue weighted by atomic mass is 10.0. The van der Waals surface area contributed by atoms with E-state index in [-0.39, 0.29) is 11.6 Å². The normalized spacial score (nSPS) is 14.1. The summed E-state index contributed by atoms with van der Waals surface area (Å²) in [6.07, 6.45) is 12.1. The maximum Gasteiger partial charge on any atom is 0.220 e. The number of nitrogens with one attached hydrogen (secondary N) is 2. The summed E-state index contributed by atoms with van der Waals surface area (Å²) in [4.78, 5) is 15.7. The van der Waals surface area contributed by atoms with Crippen molar-refractivity contribution in [1.29, 1.82) is 0 Å². The molecule has 0 aromatic carbocycles. The number of anilines is 1. The second-order valence-corrected chi connectivity index (χ2v) is 5.25. The largest absolute Gasteiger partial charge is 0.385 e. The van der Waals surface area contributed by atoms with Crippen LogP contribution in [-0.2, 0) is 4.79 Å². The molecule has 22 heavy (non-hydrogen) atoms. The minimum absolute atomic E-state index is 0.0429. The number of aromatic nitrogens is 1. The van der Waals surface area contributed by atoms with Gasteiger partial charge in [0.25, 0.3) is 0 Å². The van der Waals surface area contributed by atoms with Crippen LogP contribution in [0.25, 0.3) is 0 Å². The molecule has 0 atom stereocenters. The van der Waals surface area contributed by atoms with Crippen LogP contribution in [0, 0.1) is 12.3 Å². The smallest absolute Gasteiger partial charge is 0.220 e. The zero-order chi connectivity index (χ0) is 15.7. The van der Waals surface area contributed by atoms with Gasteiger partial charge < -0.3 is 10.6 Å². The molecule has 6 heteroatoms. The van der Waals surface area contributed by atoms with E-state index in [0.717, 1.165) is 25.1 Å². The molecule has 0 unspecified atom stereocenters. The number of pyridine rings is 1. The molecule has 0 fully saturated rings. The Labute approximate surface area is 130 Å². The molecule has 1 aliphatic rings. The number of hydrogen-bond donors (Lipinski definition) is 2. The number of amides is 1. The van der Waals surface area contributed by atoms with Gasteiger partial charge in [0.05, 0.1) is 0 Å². The molecule has 2 N–H and O–H groups in total. The van der Waals surface area contributed by atoms with Crippen LogP contribution in [0.15, 0.2) is 34.8 Å². The van der Waals surface area contributed by atoms with Crippen molar-refractivity contribution >= 4 is 11.6 Å². The first-order valence-electron chi connectivity index (χ1n) is 7.52. The molecule has 6 nitrogen and oxygen atoms in total. The zero-order valence-electron chi connectivity index (χ0n) is 12.6. The summed E-state index contributed by atoms with van der Waals surface area (Å²) in [6.45, 7) is 1.46. The van der Waals surface area contributed by atoms with E-state index < -0.39 is 0 Å². The highest BCUT2D eigenvalue weighted by Gasteiger charge is 2.39. The van der Waals surface area contributed by atoms with Gasteiger partial charge in [-0.15, -0.1) is 12.3 Å². The van der Waals surface area contributed by atoms with E-state index in [1.54, 1.807) is 12.4 Å². The first kappa shape index (κ1) is 16.0. The molecular formula is C16H21N5O. The molecule has 1 aromatic rings. The number of terminal acetylenes is 1. The molecule has 1 aromatic heterocycles. The summed E-state index contributed by atoms with van der Waals surface area (Å²) in [7, 11) is 0. The first-order valence-corrected chi connectivity index (χ1v) is 7.52. The molecule has 0 bridgehead atoms. The van der Waals surface area contributed by atoms with Gasteiger partial charge in [0.15, 0.2) is 5.66 Å². The molecule has 2 heterocycles. The quantitative estimate of drug-likeness (QED) is 0.514. The Morgan fingerprint density at radius 3 is 2.68 bits per heavy atom. The average Bonchev–Trinajstić information content (AvgIpc) is 3.32. The Bertz CT molecular complexity index is 543. The van der Waals surface area contributed by atoms with Crippen molar-refractivity contribution in [3.05, 3.63) is 24.5 Å². The third-order valence-electron chi connectivity index (χ3n) is 3.49. The molecular weight excluding hydrogens is 278 g/mol. The van der Waals surface area contributed by atoms with Crippen LogP contribution in [0.3, 0.4) is 0 Å². The maximum absolute atomic E-state index is 11.8. The van der Waals surface area contributed by atoms with Crippen molar-refractivity contribution in [2.45, 2.75) is 37.8 Å². The Balaban J connectivity index is 1.50. The third-order valence-corrected chi connectivity index (χ3v) is 3.49. The Hall–Kier alpha value is -2.42. The molecule has 0 saturated carbocycles. The molecule has 1 aliphatic heterocycles. The van der Waals surface area contributed by atoms with Crippen LogP contribution in [0.1, 0.15) is 32.1 Å². The maximum atomic E-state index is 11.8. The first-order chi connectivity index (χ1) is 10.7. The van der Waals surface area contributed by atoms with E-state index in [1.807, 2.05) is 12.1 Å². The lowest BCUT2D eigenvalue weighted by molar-refractivity contribution is -0.121. The van der Waals surface area contributed by atoms with Crippen molar-refractivity contribution in [1.82, 2.24) is 10.3 Å². The van der Waals surface area contributed by atoms with Crippen LogP contribution in [0.2, 0.25) is 0 Å². The second kappa shape index (κ2) is 8.13. The highest BCUT2D eigenvalue weighted by atomic mass is 16.1. The monoisotopic (exact) mass is 299 g/mol. The van der Waals surface area contributed by atoms with E-state index in [9.17, 15) is 4.79 Å². The molecule has 1 amide bonds. The zero-order valence-corrected chi connectivity index (χ0v) is 12.6. The van der Waals surface area contributed by atoms with Gasteiger partial charge in [-0.25, -0.2) is 0 Å². The van der Waals surface area contributed by atoms with Crippen molar-refractivity contribution < 1.29 is 4.79 Å². The lowest BCUT2D eigenvalue weighted by Crippen LogP contribution is -2.27. The summed E-state index contributed by atoms with van der Waals surface area (Å²) in [5.74, 6) is 2.62. The predicted molar refractivity (Wildman–Crippen MR) is 85.2 cm³/mol. The molecule has 0 saturated heterocycles. The number of rotatable bonds is 10. The van der Waals surface area contributed by atoms with Gasteiger partial charge >= 0.3 is 0 Å². The van der Waals surface area contributed by atoms with Gasteiger partial charge in [-0.3, -0.25) is 9.78 Å². The van der Waals surface area contributed by atoms with Gasteiger partial charge in [0.2, 0.25) is 5.91 Å². The fraction of sp³-hybridized carbons (Fsp3) is 0.500. The van der Waals surface area contributed by atoms with Crippen LogP contribution in [0.5, 0.6) is 0 Å². The summed E-state index contributed by atoms with van der Waals surface area (Å²) in [6, 6.07) is 3.83. The van der Waals surface area contributed by atoms with Gasteiger partial charge in [0, 0.05) is 56.9 Å². The molecule has 0 radical (unpaired) electrons. The Morgan fingerprint density at radius 2 is 2.00 bits per heavy atom. The van der Waals surface area contributed by atoms with Crippen molar-refractivity contribution in [2.24, 2.45) is 10.2 Å². The number of carbonyl (C=O) groups excluding carboxylic acids is 1. The van der Waals surface area contributed by atoms with Crippen molar-refractivity contribution in [2.75, 3.05) is 18.4 Å². The fourth-order valence-electron chi connectivity index (χ4n) is 2.09. The number of nitrogens with zero attached hydrogens (tertiary/aromatic N) is 3. The average molecular weight is 299 g/mol. The standard InChI is InChI=1S/C16H21N5O/c1-2-3-8-16(20-21-16)9-5-15(22)19-11-4-10-18-14-6-12-17-13-7-14/h1,6-7,12-13H,3-5,8-11H2,(H,17,18)(H,19,22). The lowest BCUT2D eigenvalue weighted by Gasteiger charge is -2.09. The summed E-state index contributed by atoms with van der Waals surface area (Å²) in [5, 5.41) is 14.2. The third kappa shape index (κ3) is 5.52. The SMILES string of the molecule is C#CCCC1(CCC(=O)NCCCNc2ccncc2)N=N1. The molecule has 0 aliphatic carbocycles. The van der Waals surface area contributed by atoms with E-state index in [1.165, 1.54) is 0 Å². The van der Waals surface area contributed by atoms with E-state index in [4.69, 9.17) is 6.42 Å². The molecule has 116 valence electrons. The Morgan fingerprint density at radius 1 is 1.23 bits per heavy atom. The van der Waals surface area contributed by atoms with Gasteiger partial charge in [-0.1, -0.05) is 0 Å². The van der Waals surface area contributed by atoms with Crippen LogP contribution >= 0.6 is 0 Å². The molecule has 2 rings (SSSR count). The highest BCUT2D eigenvalue weighted by molar-refractivity contribution is 5.75. The number of hydrogen-bond acceptors (Lipinski definition) is 5. The Kier molecular flexibility index (Phi) is 5.90. The molecule has 0 spiro atoms. The van der Waals surface area contributed by atoms with E-state index in [2.05, 4.69) is 31.8 Å². The summed E-state index contributed by atoms with van der Waals surface area (Å²) >= 11 is 0. The van der Waals surface area contributed by atoms with Gasteiger partial charge in [0.1, 0.15) is 0 Å². The second-order valence-electron chi connectivity index (χ2n) is 5.25. The topological polar surface area (TPSA) is 78.7 Å². The number of carbonyl (C=O) groups is 1. The van der Waals surface area contributed by atoms with Crippen LogP contribution < -0.4 is 10.6 Å². The summed E-state index contributed by atoms with van der Waals surface area (Å²) in [5.41, 5.74) is 0.667. The van der Waals surface area contributed by atoms with Crippen LogP contribution in [-0.4, -0.2) is 29.6 Å².